The van der Waals surface area contributed by atoms with Crippen LogP contribution in [0.1, 0.15) is 24.6 Å². The molecule has 1 aromatic rings. The lowest BCUT2D eigenvalue weighted by Gasteiger charge is -2.21. The number of ether oxygens (including phenoxy) is 1. The second-order valence-corrected chi connectivity index (χ2v) is 5.45. The molecule has 4 nitrogen and oxygen atoms in total. The molecule has 2 rings (SSSR count). The lowest BCUT2D eigenvalue weighted by Crippen LogP contribution is -2.42. The molecule has 0 radical (unpaired) electrons. The maximum Gasteiger partial charge on any atom is 0.317 e. The van der Waals surface area contributed by atoms with Crippen molar-refractivity contribution in [1.82, 2.24) is 10.2 Å². The van der Waals surface area contributed by atoms with Crippen LogP contribution in [0, 0.1) is 0 Å². The lowest BCUT2D eigenvalue weighted by molar-refractivity contribution is 0.109. The molecule has 1 aliphatic heterocycles. The number of nitrogens with zero attached hydrogens (tertiary/aromatic N) is 1. The Bertz CT molecular complexity index is 361. The van der Waals surface area contributed by atoms with E-state index in [1.165, 1.54) is 4.88 Å². The molecule has 1 aliphatic rings. The molecule has 0 spiro atoms. The van der Waals surface area contributed by atoms with E-state index in [4.69, 9.17) is 4.74 Å². The SMILES string of the molecule is CCN(Cc1cccs1)C(=O)NCC1CCCO1. The third-order valence-electron chi connectivity index (χ3n) is 3.10. The molecule has 1 fully saturated rings. The van der Waals surface area contributed by atoms with Gasteiger partial charge in [-0.2, -0.15) is 0 Å². The third-order valence-corrected chi connectivity index (χ3v) is 3.96. The van der Waals surface area contributed by atoms with Gasteiger partial charge in [0.05, 0.1) is 12.6 Å². The van der Waals surface area contributed by atoms with E-state index in [2.05, 4.69) is 11.4 Å². The fraction of sp³-hybridized carbons (Fsp3) is 0.615. The van der Waals surface area contributed by atoms with Crippen LogP contribution in [-0.4, -0.2) is 36.7 Å². The Morgan fingerprint density at radius 3 is 3.17 bits per heavy atom. The summed E-state index contributed by atoms with van der Waals surface area (Å²) in [5.74, 6) is 0. The number of carbonyl (C=O) groups is 1. The zero-order valence-corrected chi connectivity index (χ0v) is 11.5. The van der Waals surface area contributed by atoms with Crippen molar-refractivity contribution in [2.75, 3.05) is 19.7 Å². The zero-order chi connectivity index (χ0) is 12.8. The van der Waals surface area contributed by atoms with Crippen LogP contribution in [0.3, 0.4) is 0 Å². The molecular formula is C13H20N2O2S. The standard InChI is InChI=1S/C13H20N2O2S/c1-2-15(10-12-6-4-8-18-12)13(16)14-9-11-5-3-7-17-11/h4,6,8,11H,2-3,5,7,9-10H2,1H3,(H,14,16). The largest absolute Gasteiger partial charge is 0.376 e. The number of hydrogen-bond donors (Lipinski definition) is 1. The number of nitrogens with one attached hydrogen (secondary N) is 1. The van der Waals surface area contributed by atoms with E-state index in [0.717, 1.165) is 26.0 Å². The van der Waals surface area contributed by atoms with Crippen LogP contribution < -0.4 is 5.32 Å². The Kier molecular flexibility index (Phi) is 5.01. The van der Waals surface area contributed by atoms with Crippen molar-refractivity contribution in [1.29, 1.82) is 0 Å². The first kappa shape index (κ1) is 13.4. The fourth-order valence-corrected chi connectivity index (χ4v) is 2.76. The van der Waals surface area contributed by atoms with Crippen molar-refractivity contribution < 1.29 is 9.53 Å². The van der Waals surface area contributed by atoms with E-state index < -0.39 is 0 Å². The molecule has 100 valence electrons. The van der Waals surface area contributed by atoms with E-state index >= 15 is 0 Å². The minimum absolute atomic E-state index is 0.00130. The fourth-order valence-electron chi connectivity index (χ4n) is 2.04. The van der Waals surface area contributed by atoms with E-state index in [1.54, 1.807) is 11.3 Å². The van der Waals surface area contributed by atoms with Crippen LogP contribution in [-0.2, 0) is 11.3 Å². The highest BCUT2D eigenvalue weighted by molar-refractivity contribution is 7.09. The van der Waals surface area contributed by atoms with Gasteiger partial charge in [0.1, 0.15) is 0 Å². The Hall–Kier alpha value is -1.07. The van der Waals surface area contributed by atoms with Crippen molar-refractivity contribution >= 4 is 17.4 Å². The quantitative estimate of drug-likeness (QED) is 0.891. The normalized spacial score (nSPS) is 18.8. The predicted octanol–water partition coefficient (Wildman–Crippen LogP) is 2.46. The van der Waals surface area contributed by atoms with Gasteiger partial charge in [-0.25, -0.2) is 4.79 Å². The van der Waals surface area contributed by atoms with Gasteiger partial charge in [-0.15, -0.1) is 11.3 Å². The number of amides is 2. The van der Waals surface area contributed by atoms with Gasteiger partial charge in [-0.3, -0.25) is 0 Å². The van der Waals surface area contributed by atoms with Gasteiger partial charge in [0.15, 0.2) is 0 Å². The van der Waals surface area contributed by atoms with Gasteiger partial charge in [-0.1, -0.05) is 6.07 Å². The van der Waals surface area contributed by atoms with Crippen LogP contribution >= 0.6 is 11.3 Å². The highest BCUT2D eigenvalue weighted by atomic mass is 32.1. The minimum atomic E-state index is 0.00130. The summed E-state index contributed by atoms with van der Waals surface area (Å²) < 4.78 is 5.49. The van der Waals surface area contributed by atoms with Crippen LogP contribution in [0.2, 0.25) is 0 Å². The maximum atomic E-state index is 12.0. The summed E-state index contributed by atoms with van der Waals surface area (Å²) in [6.07, 6.45) is 2.36. The summed E-state index contributed by atoms with van der Waals surface area (Å²) in [5, 5.41) is 4.99. The van der Waals surface area contributed by atoms with Gasteiger partial charge >= 0.3 is 6.03 Å². The second kappa shape index (κ2) is 6.75. The molecule has 0 bridgehead atoms. The van der Waals surface area contributed by atoms with E-state index in [9.17, 15) is 4.79 Å². The average molecular weight is 268 g/mol. The summed E-state index contributed by atoms with van der Waals surface area (Å²) in [6, 6.07) is 4.07. The van der Waals surface area contributed by atoms with Gasteiger partial charge in [0.25, 0.3) is 0 Å². The number of hydrogen-bond acceptors (Lipinski definition) is 3. The summed E-state index contributed by atoms with van der Waals surface area (Å²) in [7, 11) is 0. The highest BCUT2D eigenvalue weighted by Gasteiger charge is 2.18. The van der Waals surface area contributed by atoms with E-state index in [1.807, 2.05) is 23.3 Å². The first-order valence-electron chi connectivity index (χ1n) is 6.46. The Labute approximate surface area is 112 Å². The summed E-state index contributed by atoms with van der Waals surface area (Å²) in [5.41, 5.74) is 0. The van der Waals surface area contributed by atoms with Gasteiger partial charge in [-0.05, 0) is 31.2 Å². The molecule has 1 atom stereocenters. The molecule has 1 unspecified atom stereocenters. The molecule has 2 amide bonds. The predicted molar refractivity (Wildman–Crippen MR) is 72.8 cm³/mol. The minimum Gasteiger partial charge on any atom is -0.376 e. The molecule has 18 heavy (non-hydrogen) atoms. The van der Waals surface area contributed by atoms with Crippen molar-refractivity contribution in [3.8, 4) is 0 Å². The van der Waals surface area contributed by atoms with Crippen molar-refractivity contribution in [3.05, 3.63) is 22.4 Å². The number of thiophene rings is 1. The first-order chi connectivity index (χ1) is 8.79. The Morgan fingerprint density at radius 1 is 1.67 bits per heavy atom. The van der Waals surface area contributed by atoms with E-state index in [-0.39, 0.29) is 12.1 Å². The first-order valence-corrected chi connectivity index (χ1v) is 7.34. The van der Waals surface area contributed by atoms with Gasteiger partial charge < -0.3 is 15.0 Å². The molecule has 1 saturated heterocycles. The second-order valence-electron chi connectivity index (χ2n) is 4.41. The molecule has 1 N–H and O–H groups in total. The third kappa shape index (κ3) is 3.71. The molecule has 5 heteroatoms. The van der Waals surface area contributed by atoms with Crippen LogP contribution in [0.15, 0.2) is 17.5 Å². The summed E-state index contributed by atoms with van der Waals surface area (Å²) in [6.45, 7) is 4.85. The summed E-state index contributed by atoms with van der Waals surface area (Å²) in [4.78, 5) is 15.1. The molecule has 1 aromatic heterocycles. The number of urea groups is 1. The van der Waals surface area contributed by atoms with E-state index in [0.29, 0.717) is 13.1 Å². The summed E-state index contributed by atoms with van der Waals surface area (Å²) >= 11 is 1.68. The van der Waals surface area contributed by atoms with Crippen molar-refractivity contribution in [3.63, 3.8) is 0 Å². The topological polar surface area (TPSA) is 41.6 Å². The van der Waals surface area contributed by atoms with Crippen molar-refractivity contribution in [2.45, 2.75) is 32.4 Å². The van der Waals surface area contributed by atoms with Gasteiger partial charge in [0, 0.05) is 24.6 Å². The smallest absolute Gasteiger partial charge is 0.317 e. The van der Waals surface area contributed by atoms with Gasteiger partial charge in [0.2, 0.25) is 0 Å². The number of rotatable bonds is 5. The monoisotopic (exact) mass is 268 g/mol. The molecular weight excluding hydrogens is 248 g/mol. The number of carbonyl (C=O) groups excluding carboxylic acids is 1. The van der Waals surface area contributed by atoms with Crippen LogP contribution in [0.5, 0.6) is 0 Å². The molecule has 0 aromatic carbocycles. The van der Waals surface area contributed by atoms with Crippen LogP contribution in [0.25, 0.3) is 0 Å². The zero-order valence-electron chi connectivity index (χ0n) is 10.7. The van der Waals surface area contributed by atoms with Crippen molar-refractivity contribution in [2.24, 2.45) is 0 Å². The highest BCUT2D eigenvalue weighted by Crippen LogP contribution is 2.13. The molecule has 0 saturated carbocycles. The van der Waals surface area contributed by atoms with Crippen LogP contribution in [0.4, 0.5) is 4.79 Å². The molecule has 2 heterocycles. The maximum absolute atomic E-state index is 12.0. The molecule has 0 aliphatic carbocycles. The average Bonchev–Trinajstić information content (AvgIpc) is 3.06. The lowest BCUT2D eigenvalue weighted by atomic mass is 10.2. The Balaban J connectivity index is 1.77. The Morgan fingerprint density at radius 2 is 2.56 bits per heavy atom.